The van der Waals surface area contributed by atoms with Crippen molar-refractivity contribution in [3.63, 3.8) is 0 Å². The Kier molecular flexibility index (Phi) is 5.67. The summed E-state index contributed by atoms with van der Waals surface area (Å²) >= 11 is 10.9. The second kappa shape index (κ2) is 5.46. The number of allylic oxidation sites excluding steroid dienone is 1. The first-order valence-corrected chi connectivity index (χ1v) is 3.57. The summed E-state index contributed by atoms with van der Waals surface area (Å²) in [6.07, 6.45) is 3.21. The lowest BCUT2D eigenvalue weighted by molar-refractivity contribution is 0.808. The first kappa shape index (κ1) is 8.32. The second-order valence-corrected chi connectivity index (χ2v) is 2.36. The first-order valence-electron chi connectivity index (χ1n) is 2.76. The van der Waals surface area contributed by atoms with Crippen molar-refractivity contribution in [2.45, 2.75) is 26.2 Å². The highest BCUT2D eigenvalue weighted by Gasteiger charge is 1.87. The van der Waals surface area contributed by atoms with Crippen molar-refractivity contribution in [2.75, 3.05) is 0 Å². The Hall–Kier alpha value is 0.320. The molecule has 0 N–H and O–H groups in total. The molecule has 0 aromatic rings. The molecule has 0 rings (SSSR count). The topological polar surface area (TPSA) is 0 Å². The van der Waals surface area contributed by atoms with Crippen molar-refractivity contribution >= 4 is 23.2 Å². The van der Waals surface area contributed by atoms with Gasteiger partial charge in [-0.05, 0) is 12.8 Å². The quantitative estimate of drug-likeness (QED) is 0.582. The lowest BCUT2D eigenvalue weighted by atomic mass is 10.2. The van der Waals surface area contributed by atoms with Crippen LogP contribution in [-0.2, 0) is 0 Å². The van der Waals surface area contributed by atoms with Gasteiger partial charge in [0.2, 0.25) is 0 Å². The van der Waals surface area contributed by atoms with Crippen molar-refractivity contribution in [1.29, 1.82) is 0 Å². The summed E-state index contributed by atoms with van der Waals surface area (Å²) in [6.45, 7) is 2.12. The highest BCUT2D eigenvalue weighted by Crippen LogP contribution is 2.11. The van der Waals surface area contributed by atoms with Gasteiger partial charge in [0, 0.05) is 10.6 Å². The van der Waals surface area contributed by atoms with Gasteiger partial charge in [-0.1, -0.05) is 36.5 Å². The molecule has 0 spiro atoms. The van der Waals surface area contributed by atoms with Gasteiger partial charge < -0.3 is 0 Å². The Labute approximate surface area is 60.5 Å². The largest absolute Gasteiger partial charge is 0.0917 e. The molecule has 0 radical (unpaired) electrons. The van der Waals surface area contributed by atoms with Crippen molar-refractivity contribution in [1.82, 2.24) is 0 Å². The number of hydrogen-bond donors (Lipinski definition) is 0. The summed E-state index contributed by atoms with van der Waals surface area (Å²) in [6, 6.07) is 0. The number of hydrogen-bond acceptors (Lipinski definition) is 0. The number of halogens is 2. The molecule has 8 heavy (non-hydrogen) atoms. The van der Waals surface area contributed by atoms with Crippen LogP contribution in [0.2, 0.25) is 0 Å². The predicted molar refractivity (Wildman–Crippen MR) is 39.3 cm³/mol. The second-order valence-electron chi connectivity index (χ2n) is 1.66. The molecule has 0 atom stereocenters. The molecule has 0 bridgehead atoms. The van der Waals surface area contributed by atoms with Crippen LogP contribution in [0.25, 0.3) is 0 Å². The summed E-state index contributed by atoms with van der Waals surface area (Å²) in [7, 11) is 0. The zero-order valence-electron chi connectivity index (χ0n) is 4.95. The summed E-state index contributed by atoms with van der Waals surface area (Å²) in [5.41, 5.74) is 1.43. The highest BCUT2D eigenvalue weighted by atomic mass is 35.5. The summed E-state index contributed by atoms with van der Waals surface area (Å²) in [4.78, 5) is 0. The van der Waals surface area contributed by atoms with Crippen molar-refractivity contribution in [3.8, 4) is 0 Å². The van der Waals surface area contributed by atoms with Gasteiger partial charge in [-0.3, -0.25) is 0 Å². The Bertz CT molecular complexity index is 76.6. The standard InChI is InChI=1S/C6H10Cl2/c1-2-3-4-6(8)5-7/h5H,2-4H2,1H3/b6-5+. The van der Waals surface area contributed by atoms with Crippen LogP contribution in [0.1, 0.15) is 26.2 Å². The maximum Gasteiger partial charge on any atom is 0.0293 e. The summed E-state index contributed by atoms with van der Waals surface area (Å²) in [5.74, 6) is 0. The normalized spacial score (nSPS) is 12.1. The Balaban J connectivity index is 3.12. The average molecular weight is 153 g/mol. The van der Waals surface area contributed by atoms with E-state index in [0.717, 1.165) is 17.9 Å². The van der Waals surface area contributed by atoms with E-state index >= 15 is 0 Å². The molecule has 0 saturated heterocycles. The van der Waals surface area contributed by atoms with Crippen LogP contribution in [0.15, 0.2) is 10.6 Å². The van der Waals surface area contributed by atoms with E-state index in [1.54, 1.807) is 0 Å². The third kappa shape index (κ3) is 4.48. The molecule has 0 fully saturated rings. The highest BCUT2D eigenvalue weighted by molar-refractivity contribution is 6.36. The van der Waals surface area contributed by atoms with E-state index in [-0.39, 0.29) is 0 Å². The first-order chi connectivity index (χ1) is 3.81. The fourth-order valence-electron chi connectivity index (χ4n) is 0.400. The van der Waals surface area contributed by atoms with Crippen molar-refractivity contribution in [3.05, 3.63) is 10.6 Å². The molecule has 0 saturated carbocycles. The zero-order valence-corrected chi connectivity index (χ0v) is 6.47. The SMILES string of the molecule is CCCC/C(Cl)=C\Cl. The van der Waals surface area contributed by atoms with E-state index in [1.807, 2.05) is 0 Å². The van der Waals surface area contributed by atoms with Gasteiger partial charge in [-0.25, -0.2) is 0 Å². The molecule has 0 aliphatic rings. The van der Waals surface area contributed by atoms with Gasteiger partial charge in [0.15, 0.2) is 0 Å². The minimum atomic E-state index is 0.758. The molecule has 0 heterocycles. The van der Waals surface area contributed by atoms with Crippen molar-refractivity contribution in [2.24, 2.45) is 0 Å². The van der Waals surface area contributed by atoms with Gasteiger partial charge in [-0.15, -0.1) is 0 Å². The Morgan fingerprint density at radius 1 is 1.62 bits per heavy atom. The summed E-state index contributed by atoms with van der Waals surface area (Å²) in [5, 5.41) is 0.758. The van der Waals surface area contributed by atoms with Gasteiger partial charge in [-0.2, -0.15) is 0 Å². The molecule has 0 aliphatic heterocycles. The fourth-order valence-corrected chi connectivity index (χ4v) is 0.643. The molecule has 0 aromatic carbocycles. The molecular formula is C6H10Cl2. The maximum absolute atomic E-state index is 5.57. The van der Waals surface area contributed by atoms with E-state index in [0.29, 0.717) is 0 Å². The smallest absolute Gasteiger partial charge is 0.0293 e. The molecule has 0 unspecified atom stereocenters. The van der Waals surface area contributed by atoms with Gasteiger partial charge in [0.1, 0.15) is 0 Å². The van der Waals surface area contributed by atoms with Crippen LogP contribution in [0.5, 0.6) is 0 Å². The van der Waals surface area contributed by atoms with E-state index in [9.17, 15) is 0 Å². The molecule has 2 heteroatoms. The molecule has 0 amide bonds. The molecule has 0 nitrogen and oxygen atoms in total. The number of unbranched alkanes of at least 4 members (excludes halogenated alkanes) is 1. The maximum atomic E-state index is 5.57. The monoisotopic (exact) mass is 152 g/mol. The van der Waals surface area contributed by atoms with Crippen LogP contribution < -0.4 is 0 Å². The molecule has 0 aromatic heterocycles. The summed E-state index contributed by atoms with van der Waals surface area (Å²) < 4.78 is 0. The van der Waals surface area contributed by atoms with Crippen LogP contribution in [0.4, 0.5) is 0 Å². The van der Waals surface area contributed by atoms with Crippen LogP contribution in [0.3, 0.4) is 0 Å². The third-order valence-corrected chi connectivity index (χ3v) is 1.56. The minimum Gasteiger partial charge on any atom is -0.0917 e. The van der Waals surface area contributed by atoms with Gasteiger partial charge >= 0.3 is 0 Å². The lowest BCUT2D eigenvalue weighted by Gasteiger charge is -1.91. The van der Waals surface area contributed by atoms with Crippen LogP contribution >= 0.6 is 23.2 Å². The lowest BCUT2D eigenvalue weighted by Crippen LogP contribution is -1.70. The van der Waals surface area contributed by atoms with Gasteiger partial charge in [0.25, 0.3) is 0 Å². The molecular weight excluding hydrogens is 143 g/mol. The average Bonchev–Trinajstić information content (AvgIpc) is 1.83. The van der Waals surface area contributed by atoms with Crippen LogP contribution in [0, 0.1) is 0 Å². The fraction of sp³-hybridized carbons (Fsp3) is 0.667. The minimum absolute atomic E-state index is 0.758. The van der Waals surface area contributed by atoms with E-state index < -0.39 is 0 Å². The van der Waals surface area contributed by atoms with E-state index in [1.165, 1.54) is 12.0 Å². The number of rotatable bonds is 3. The Morgan fingerprint density at radius 2 is 2.25 bits per heavy atom. The van der Waals surface area contributed by atoms with Crippen molar-refractivity contribution < 1.29 is 0 Å². The van der Waals surface area contributed by atoms with E-state index in [4.69, 9.17) is 23.2 Å². The Morgan fingerprint density at radius 3 is 2.62 bits per heavy atom. The zero-order chi connectivity index (χ0) is 6.41. The van der Waals surface area contributed by atoms with E-state index in [2.05, 4.69) is 6.92 Å². The molecule has 48 valence electrons. The van der Waals surface area contributed by atoms with Gasteiger partial charge in [0.05, 0.1) is 0 Å². The van der Waals surface area contributed by atoms with Crippen LogP contribution in [-0.4, -0.2) is 0 Å². The molecule has 0 aliphatic carbocycles. The predicted octanol–water partition coefficient (Wildman–Crippen LogP) is 3.50. The third-order valence-electron chi connectivity index (χ3n) is 0.888.